The van der Waals surface area contributed by atoms with Gasteiger partial charge in [0.1, 0.15) is 0 Å². The zero-order valence-corrected chi connectivity index (χ0v) is 15.4. The third kappa shape index (κ3) is 4.32. The molecule has 1 atom stereocenters. The normalized spacial score (nSPS) is 12.5. The summed E-state index contributed by atoms with van der Waals surface area (Å²) in [5, 5.41) is 0.433. The summed E-state index contributed by atoms with van der Waals surface area (Å²) in [5.41, 5.74) is 0.311. The highest BCUT2D eigenvalue weighted by Crippen LogP contribution is 2.21. The van der Waals surface area contributed by atoms with Crippen LogP contribution in [0.2, 0.25) is 0 Å². The van der Waals surface area contributed by atoms with Gasteiger partial charge in [0.05, 0.1) is 28.4 Å². The number of aromatic nitrogens is 2. The quantitative estimate of drug-likeness (QED) is 0.648. The lowest BCUT2D eigenvalue weighted by molar-refractivity contribution is 0.0321. The lowest BCUT2D eigenvalue weighted by atomic mass is 10.2. The predicted octanol–water partition coefficient (Wildman–Crippen LogP) is 2.21. The van der Waals surface area contributed by atoms with Crippen LogP contribution in [0.25, 0.3) is 10.9 Å². The van der Waals surface area contributed by atoms with Gasteiger partial charge < -0.3 is 9.72 Å². The maximum Gasteiger partial charge on any atom is 0.340 e. The number of carbonyl (C=O) groups is 1. The summed E-state index contributed by atoms with van der Waals surface area (Å²) in [7, 11) is -3.56. The van der Waals surface area contributed by atoms with Crippen LogP contribution in [0.3, 0.4) is 0 Å². The summed E-state index contributed by atoms with van der Waals surface area (Å²) in [6, 6.07) is 12.9. The summed E-state index contributed by atoms with van der Waals surface area (Å²) in [6.07, 6.45) is 0.141. The number of hydrogen-bond acceptors (Lipinski definition) is 6. The molecule has 1 aromatic heterocycles. The molecule has 9 heteroatoms. The van der Waals surface area contributed by atoms with Gasteiger partial charge in [0.2, 0.25) is 10.0 Å². The second-order valence-electron chi connectivity index (χ2n) is 5.94. The Bertz CT molecular complexity index is 1170. The molecule has 0 fully saturated rings. The number of rotatable bonds is 5. The van der Waals surface area contributed by atoms with E-state index >= 15 is 0 Å². The number of sulfonamides is 1. The van der Waals surface area contributed by atoms with Gasteiger partial charge in [-0.05, 0) is 31.2 Å². The number of anilines is 1. The number of hydrogen-bond donors (Lipinski definition) is 2. The van der Waals surface area contributed by atoms with Gasteiger partial charge >= 0.3 is 5.97 Å². The van der Waals surface area contributed by atoms with Gasteiger partial charge in [-0.2, -0.15) is 0 Å². The predicted molar refractivity (Wildman–Crippen MR) is 101 cm³/mol. The average molecular weight is 387 g/mol. The van der Waals surface area contributed by atoms with E-state index in [0.717, 1.165) is 6.26 Å². The summed E-state index contributed by atoms with van der Waals surface area (Å²) < 4.78 is 30.6. The van der Waals surface area contributed by atoms with Crippen LogP contribution in [-0.4, -0.2) is 30.6 Å². The topological polar surface area (TPSA) is 118 Å². The third-order valence-electron chi connectivity index (χ3n) is 3.74. The molecule has 0 radical (unpaired) electrons. The number of benzene rings is 2. The zero-order valence-electron chi connectivity index (χ0n) is 14.6. The molecule has 8 nitrogen and oxygen atoms in total. The highest BCUT2D eigenvalue weighted by atomic mass is 32.2. The van der Waals surface area contributed by atoms with Gasteiger partial charge in [0.15, 0.2) is 11.9 Å². The van der Waals surface area contributed by atoms with Crippen LogP contribution in [0.4, 0.5) is 5.69 Å². The Kier molecular flexibility index (Phi) is 4.95. The molecule has 0 amide bonds. The van der Waals surface area contributed by atoms with Crippen molar-refractivity contribution >= 4 is 32.6 Å². The maximum atomic E-state index is 12.5. The maximum absolute atomic E-state index is 12.5. The zero-order chi connectivity index (χ0) is 19.6. The van der Waals surface area contributed by atoms with Crippen molar-refractivity contribution in [1.82, 2.24) is 9.97 Å². The molecule has 2 N–H and O–H groups in total. The Morgan fingerprint density at radius 1 is 1.15 bits per heavy atom. The minimum Gasteiger partial charge on any atom is -0.451 e. The summed E-state index contributed by atoms with van der Waals surface area (Å²) in [5.74, 6) is -0.550. The summed E-state index contributed by atoms with van der Waals surface area (Å²) in [4.78, 5) is 31.6. The minimum absolute atomic E-state index is 0.0536. The molecule has 3 aromatic rings. The van der Waals surface area contributed by atoms with E-state index in [0.29, 0.717) is 10.9 Å². The fourth-order valence-electron chi connectivity index (χ4n) is 2.53. The van der Waals surface area contributed by atoms with Crippen LogP contribution in [0.15, 0.2) is 53.3 Å². The first-order valence-corrected chi connectivity index (χ1v) is 9.90. The van der Waals surface area contributed by atoms with Crippen molar-refractivity contribution in [1.29, 1.82) is 0 Å². The van der Waals surface area contributed by atoms with Crippen molar-refractivity contribution < 1.29 is 17.9 Å². The Morgan fingerprint density at radius 2 is 1.81 bits per heavy atom. The molecule has 0 saturated carbocycles. The second-order valence-corrected chi connectivity index (χ2v) is 7.68. The number of carbonyl (C=O) groups excluding carboxylic acids is 1. The highest BCUT2D eigenvalue weighted by molar-refractivity contribution is 7.92. The molecule has 27 heavy (non-hydrogen) atoms. The first-order valence-electron chi connectivity index (χ1n) is 8.01. The molecule has 1 heterocycles. The van der Waals surface area contributed by atoms with Crippen LogP contribution in [0, 0.1) is 0 Å². The molecular weight excluding hydrogens is 370 g/mol. The number of nitrogens with zero attached hydrogens (tertiary/aromatic N) is 1. The summed E-state index contributed by atoms with van der Waals surface area (Å²) >= 11 is 0. The molecular formula is C18H17N3O5S. The monoisotopic (exact) mass is 387 g/mol. The SMILES string of the molecule is CC(OC(=O)c1ccccc1NS(C)(=O)=O)c1nc2ccccc2c(=O)[nH]1. The Hall–Kier alpha value is -3.20. The smallest absolute Gasteiger partial charge is 0.340 e. The number of aromatic amines is 1. The Labute approximate surface area is 155 Å². The van der Waals surface area contributed by atoms with Crippen molar-refractivity contribution in [3.8, 4) is 0 Å². The Balaban J connectivity index is 1.88. The van der Waals surface area contributed by atoms with E-state index in [1.165, 1.54) is 12.1 Å². The molecule has 0 saturated heterocycles. The number of fused-ring (bicyclic) bond motifs is 1. The van der Waals surface area contributed by atoms with E-state index in [1.807, 2.05) is 0 Å². The van der Waals surface area contributed by atoms with Crippen LogP contribution >= 0.6 is 0 Å². The molecule has 0 bridgehead atoms. The number of para-hydroxylation sites is 2. The fraction of sp³-hybridized carbons (Fsp3) is 0.167. The summed E-state index contributed by atoms with van der Waals surface area (Å²) in [6.45, 7) is 1.57. The minimum atomic E-state index is -3.56. The average Bonchev–Trinajstić information content (AvgIpc) is 2.60. The van der Waals surface area contributed by atoms with Gasteiger partial charge in [0, 0.05) is 0 Å². The first-order chi connectivity index (χ1) is 12.7. The van der Waals surface area contributed by atoms with Gasteiger partial charge in [-0.15, -0.1) is 0 Å². The molecule has 0 aliphatic carbocycles. The lowest BCUT2D eigenvalue weighted by Gasteiger charge is -2.15. The van der Waals surface area contributed by atoms with E-state index in [4.69, 9.17) is 4.74 Å². The van der Waals surface area contributed by atoms with Gasteiger partial charge in [0.25, 0.3) is 5.56 Å². The van der Waals surface area contributed by atoms with Crippen LogP contribution in [0.5, 0.6) is 0 Å². The molecule has 3 rings (SSSR count). The third-order valence-corrected chi connectivity index (χ3v) is 4.33. The van der Waals surface area contributed by atoms with Crippen molar-refractivity contribution in [3.05, 3.63) is 70.3 Å². The van der Waals surface area contributed by atoms with Crippen LogP contribution < -0.4 is 10.3 Å². The molecule has 0 aliphatic rings. The second kappa shape index (κ2) is 7.20. The molecule has 2 aromatic carbocycles. The molecule has 0 aliphatic heterocycles. The van der Waals surface area contributed by atoms with Crippen molar-refractivity contribution in [2.45, 2.75) is 13.0 Å². The highest BCUT2D eigenvalue weighted by Gasteiger charge is 2.20. The van der Waals surface area contributed by atoms with Crippen molar-refractivity contribution in [2.24, 2.45) is 0 Å². The number of H-pyrrole nitrogens is 1. The first kappa shape index (κ1) is 18.6. The van der Waals surface area contributed by atoms with E-state index < -0.39 is 22.1 Å². The van der Waals surface area contributed by atoms with E-state index in [9.17, 15) is 18.0 Å². The number of esters is 1. The van der Waals surface area contributed by atoms with E-state index in [2.05, 4.69) is 14.7 Å². The lowest BCUT2D eigenvalue weighted by Crippen LogP contribution is -2.19. The van der Waals surface area contributed by atoms with E-state index in [1.54, 1.807) is 43.3 Å². The fourth-order valence-corrected chi connectivity index (χ4v) is 3.10. The molecule has 0 spiro atoms. The van der Waals surface area contributed by atoms with Gasteiger partial charge in [-0.25, -0.2) is 18.2 Å². The molecule has 140 valence electrons. The Morgan fingerprint density at radius 3 is 2.56 bits per heavy atom. The van der Waals surface area contributed by atoms with Crippen molar-refractivity contribution in [3.63, 3.8) is 0 Å². The van der Waals surface area contributed by atoms with Crippen molar-refractivity contribution in [2.75, 3.05) is 11.0 Å². The van der Waals surface area contributed by atoms with E-state index in [-0.39, 0.29) is 22.6 Å². The van der Waals surface area contributed by atoms with Gasteiger partial charge in [-0.3, -0.25) is 9.52 Å². The van der Waals surface area contributed by atoms with Crippen LogP contribution in [0.1, 0.15) is 29.2 Å². The standard InChI is InChI=1S/C18H17N3O5S/c1-11(16-19-14-9-5-3-7-12(14)17(22)20-16)26-18(23)13-8-4-6-10-15(13)21-27(2,24)25/h3-11,21H,1-2H3,(H,19,20,22). The number of nitrogens with one attached hydrogen (secondary N) is 2. The molecule has 1 unspecified atom stereocenters. The van der Waals surface area contributed by atoms with Crippen LogP contribution in [-0.2, 0) is 14.8 Å². The van der Waals surface area contributed by atoms with Gasteiger partial charge in [-0.1, -0.05) is 24.3 Å². The number of ether oxygens (including phenoxy) is 1. The largest absolute Gasteiger partial charge is 0.451 e.